The van der Waals surface area contributed by atoms with Crippen LogP contribution in [-0.2, 0) is 0 Å². The van der Waals surface area contributed by atoms with Crippen LogP contribution in [0.4, 0.5) is 0 Å². The van der Waals surface area contributed by atoms with E-state index in [-0.39, 0.29) is 0 Å². The molecule has 0 saturated carbocycles. The van der Waals surface area contributed by atoms with Crippen LogP contribution in [-0.4, -0.2) is 14.5 Å². The molecule has 2 rings (SSSR count). The monoisotopic (exact) mass is 173 g/mol. The minimum atomic E-state index is 0.956. The average molecular weight is 173 g/mol. The molecule has 0 aromatic carbocycles. The number of aromatic nitrogens is 3. The Hall–Kier alpha value is -1.64. The molecule has 0 unspecified atom stereocenters. The maximum absolute atomic E-state index is 4.30. The van der Waals surface area contributed by atoms with Gasteiger partial charge in [0.2, 0.25) is 0 Å². The quantitative estimate of drug-likeness (QED) is 0.659. The lowest BCUT2D eigenvalue weighted by Gasteiger charge is -2.06. The normalized spacial score (nSPS) is 10.3. The predicted molar refractivity (Wildman–Crippen MR) is 50.8 cm³/mol. The third-order valence-electron chi connectivity index (χ3n) is 2.20. The van der Waals surface area contributed by atoms with Crippen LogP contribution in [0.1, 0.15) is 11.1 Å². The van der Waals surface area contributed by atoms with E-state index in [1.54, 1.807) is 12.5 Å². The van der Waals surface area contributed by atoms with E-state index in [1.165, 1.54) is 11.1 Å². The highest BCUT2D eigenvalue weighted by molar-refractivity contribution is 5.37. The highest BCUT2D eigenvalue weighted by Crippen LogP contribution is 2.13. The smallest absolute Gasteiger partial charge is 0.140 e. The summed E-state index contributed by atoms with van der Waals surface area (Å²) in [7, 11) is 0. The molecule has 66 valence electrons. The van der Waals surface area contributed by atoms with Crippen molar-refractivity contribution in [2.75, 3.05) is 0 Å². The first-order valence-electron chi connectivity index (χ1n) is 4.19. The van der Waals surface area contributed by atoms with Gasteiger partial charge >= 0.3 is 0 Å². The lowest BCUT2D eigenvalue weighted by atomic mass is 10.2. The fraction of sp³-hybridized carbons (Fsp3) is 0.200. The lowest BCUT2D eigenvalue weighted by Crippen LogP contribution is -1.98. The van der Waals surface area contributed by atoms with E-state index in [2.05, 4.69) is 23.8 Å². The number of hydrogen-bond acceptors (Lipinski definition) is 2. The van der Waals surface area contributed by atoms with Crippen molar-refractivity contribution in [2.45, 2.75) is 13.8 Å². The van der Waals surface area contributed by atoms with E-state index in [0.717, 1.165) is 5.82 Å². The summed E-state index contributed by atoms with van der Waals surface area (Å²) in [6, 6.07) is 2.01. The molecule has 2 aromatic heterocycles. The molecule has 0 aliphatic carbocycles. The Morgan fingerprint density at radius 3 is 2.77 bits per heavy atom. The second kappa shape index (κ2) is 3.01. The van der Waals surface area contributed by atoms with Crippen LogP contribution >= 0.6 is 0 Å². The summed E-state index contributed by atoms with van der Waals surface area (Å²) < 4.78 is 1.92. The molecule has 13 heavy (non-hydrogen) atoms. The van der Waals surface area contributed by atoms with Gasteiger partial charge in [-0.05, 0) is 31.0 Å². The first kappa shape index (κ1) is 7.98. The van der Waals surface area contributed by atoms with E-state index in [4.69, 9.17) is 0 Å². The zero-order valence-corrected chi connectivity index (χ0v) is 7.73. The molecule has 2 heterocycles. The first-order chi connectivity index (χ1) is 6.29. The van der Waals surface area contributed by atoms with Gasteiger partial charge in [0.25, 0.3) is 0 Å². The Morgan fingerprint density at radius 2 is 2.08 bits per heavy atom. The van der Waals surface area contributed by atoms with Crippen LogP contribution in [0.25, 0.3) is 5.82 Å². The number of aryl methyl sites for hydroxylation is 1. The maximum Gasteiger partial charge on any atom is 0.140 e. The molecule has 2 aromatic rings. The third-order valence-corrected chi connectivity index (χ3v) is 2.20. The highest BCUT2D eigenvalue weighted by atomic mass is 15.1. The van der Waals surface area contributed by atoms with Crippen molar-refractivity contribution in [1.82, 2.24) is 14.5 Å². The maximum atomic E-state index is 4.30. The predicted octanol–water partition coefficient (Wildman–Crippen LogP) is 1.88. The second-order valence-corrected chi connectivity index (χ2v) is 3.05. The van der Waals surface area contributed by atoms with Crippen molar-refractivity contribution >= 4 is 0 Å². The Labute approximate surface area is 77.1 Å². The molecular weight excluding hydrogens is 162 g/mol. The van der Waals surface area contributed by atoms with Gasteiger partial charge < -0.3 is 0 Å². The molecule has 0 aliphatic rings. The standard InChI is InChI=1S/C10H11N3/c1-8-3-4-12-10(9(8)2)13-6-5-11-7-13/h3-7H,1-2H3. The van der Waals surface area contributed by atoms with Crippen LogP contribution < -0.4 is 0 Å². The summed E-state index contributed by atoms with van der Waals surface area (Å²) in [4.78, 5) is 8.30. The molecular formula is C10H11N3. The molecule has 0 aliphatic heterocycles. The molecule has 0 bridgehead atoms. The van der Waals surface area contributed by atoms with Crippen LogP contribution in [0.15, 0.2) is 31.0 Å². The lowest BCUT2D eigenvalue weighted by molar-refractivity contribution is 0.967. The molecule has 0 atom stereocenters. The van der Waals surface area contributed by atoms with E-state index in [9.17, 15) is 0 Å². The topological polar surface area (TPSA) is 30.7 Å². The summed E-state index contributed by atoms with van der Waals surface area (Å²) in [6.07, 6.45) is 7.23. The van der Waals surface area contributed by atoms with E-state index >= 15 is 0 Å². The molecule has 0 amide bonds. The number of imidazole rings is 1. The SMILES string of the molecule is Cc1ccnc(-n2ccnc2)c1C. The largest absolute Gasteiger partial charge is 0.290 e. The highest BCUT2D eigenvalue weighted by Gasteiger charge is 2.02. The summed E-state index contributed by atoms with van der Waals surface area (Å²) in [5.41, 5.74) is 2.44. The summed E-state index contributed by atoms with van der Waals surface area (Å²) in [5.74, 6) is 0.956. The summed E-state index contributed by atoms with van der Waals surface area (Å²) in [5, 5.41) is 0. The Bertz CT molecular complexity index is 404. The van der Waals surface area contributed by atoms with Crippen molar-refractivity contribution in [2.24, 2.45) is 0 Å². The molecule has 0 radical (unpaired) electrons. The molecule has 3 nitrogen and oxygen atoms in total. The number of nitrogens with zero attached hydrogens (tertiary/aromatic N) is 3. The Balaban J connectivity index is 2.59. The van der Waals surface area contributed by atoms with Gasteiger partial charge in [0.1, 0.15) is 12.1 Å². The average Bonchev–Trinajstić information content (AvgIpc) is 2.62. The van der Waals surface area contributed by atoms with Gasteiger partial charge in [0.05, 0.1) is 0 Å². The zero-order valence-electron chi connectivity index (χ0n) is 7.73. The molecule has 0 fully saturated rings. The molecule has 0 spiro atoms. The van der Waals surface area contributed by atoms with E-state index in [0.29, 0.717) is 0 Å². The summed E-state index contributed by atoms with van der Waals surface area (Å²) in [6.45, 7) is 4.15. The van der Waals surface area contributed by atoms with Crippen LogP contribution in [0.3, 0.4) is 0 Å². The number of pyridine rings is 1. The van der Waals surface area contributed by atoms with Gasteiger partial charge in [-0.15, -0.1) is 0 Å². The van der Waals surface area contributed by atoms with Crippen molar-refractivity contribution in [3.05, 3.63) is 42.1 Å². The Morgan fingerprint density at radius 1 is 1.23 bits per heavy atom. The Kier molecular flexibility index (Phi) is 1.85. The van der Waals surface area contributed by atoms with Gasteiger partial charge in [0, 0.05) is 18.6 Å². The van der Waals surface area contributed by atoms with Gasteiger partial charge in [0.15, 0.2) is 0 Å². The van der Waals surface area contributed by atoms with Gasteiger partial charge in [-0.3, -0.25) is 4.57 Å². The molecule has 3 heteroatoms. The minimum Gasteiger partial charge on any atom is -0.290 e. The van der Waals surface area contributed by atoms with Crippen LogP contribution in [0.5, 0.6) is 0 Å². The van der Waals surface area contributed by atoms with Gasteiger partial charge in [-0.2, -0.15) is 0 Å². The first-order valence-corrected chi connectivity index (χ1v) is 4.19. The number of hydrogen-bond donors (Lipinski definition) is 0. The third kappa shape index (κ3) is 1.33. The summed E-state index contributed by atoms with van der Waals surface area (Å²) >= 11 is 0. The van der Waals surface area contributed by atoms with E-state index in [1.807, 2.05) is 23.0 Å². The van der Waals surface area contributed by atoms with Crippen molar-refractivity contribution < 1.29 is 0 Å². The molecule has 0 saturated heterocycles. The van der Waals surface area contributed by atoms with E-state index < -0.39 is 0 Å². The fourth-order valence-corrected chi connectivity index (χ4v) is 1.26. The van der Waals surface area contributed by atoms with Gasteiger partial charge in [-0.1, -0.05) is 0 Å². The van der Waals surface area contributed by atoms with Crippen molar-refractivity contribution in [3.63, 3.8) is 0 Å². The van der Waals surface area contributed by atoms with Crippen molar-refractivity contribution in [3.8, 4) is 5.82 Å². The van der Waals surface area contributed by atoms with Crippen LogP contribution in [0, 0.1) is 13.8 Å². The van der Waals surface area contributed by atoms with Gasteiger partial charge in [-0.25, -0.2) is 9.97 Å². The fourth-order valence-electron chi connectivity index (χ4n) is 1.26. The minimum absolute atomic E-state index is 0.956. The van der Waals surface area contributed by atoms with Crippen LogP contribution in [0.2, 0.25) is 0 Å². The second-order valence-electron chi connectivity index (χ2n) is 3.05. The van der Waals surface area contributed by atoms with Crippen molar-refractivity contribution in [1.29, 1.82) is 0 Å². The zero-order chi connectivity index (χ0) is 9.26. The number of rotatable bonds is 1. The molecule has 0 N–H and O–H groups in total.